The van der Waals surface area contributed by atoms with E-state index < -0.39 is 12.2 Å². The van der Waals surface area contributed by atoms with Gasteiger partial charge >= 0.3 is 0 Å². The largest absolute Gasteiger partial charge is 0.384 e. The number of benzene rings is 7. The Morgan fingerprint density at radius 3 is 1.17 bits per heavy atom. The number of hydrogen-bond donors (Lipinski definition) is 2. The van der Waals surface area contributed by atoms with Gasteiger partial charge in [0.05, 0.1) is 0 Å². The number of aliphatic hydroxyl groups excluding tert-OH is 2. The highest BCUT2D eigenvalue weighted by atomic mass is 16.3. The molecule has 0 amide bonds. The molecule has 0 heterocycles. The first-order chi connectivity index (χ1) is 17.7. The van der Waals surface area contributed by atoms with Gasteiger partial charge in [-0.2, -0.15) is 0 Å². The van der Waals surface area contributed by atoms with Gasteiger partial charge in [0.25, 0.3) is 0 Å². The van der Waals surface area contributed by atoms with E-state index in [1.54, 1.807) is 0 Å². The second kappa shape index (κ2) is 6.30. The first kappa shape index (κ1) is 19.0. The molecule has 7 aromatic carbocycles. The third-order valence-electron chi connectivity index (χ3n) is 8.65. The molecule has 2 atom stereocenters. The molecule has 2 aliphatic carbocycles. The summed E-state index contributed by atoms with van der Waals surface area (Å²) >= 11 is 0. The van der Waals surface area contributed by atoms with E-state index in [1.807, 2.05) is 36.4 Å². The molecule has 0 radical (unpaired) electrons. The van der Waals surface area contributed by atoms with Gasteiger partial charge in [-0.3, -0.25) is 0 Å². The molecule has 0 saturated heterocycles. The second-order valence-corrected chi connectivity index (χ2v) is 10.2. The standard InChI is InChI=1S/C34H20O2/c35-33-25-7-3-1-5-17(25)19-9-11-21-22-12-10-20-18-6-2-4-8-26(18)34(36)28-16-14-24(30(22)32(20)28)23-13-15-27(33)31(19)29(21)23/h1-16,33-36H. The summed E-state index contributed by atoms with van der Waals surface area (Å²) in [6, 6.07) is 33.9. The van der Waals surface area contributed by atoms with E-state index in [-0.39, 0.29) is 0 Å². The molecule has 2 unspecified atom stereocenters. The molecule has 168 valence electrons. The maximum absolute atomic E-state index is 11.4. The lowest BCUT2D eigenvalue weighted by molar-refractivity contribution is 0.221. The molecule has 0 aliphatic heterocycles. The van der Waals surface area contributed by atoms with Crippen molar-refractivity contribution in [3.8, 4) is 22.3 Å². The minimum Gasteiger partial charge on any atom is -0.384 e. The lowest BCUT2D eigenvalue weighted by Crippen LogP contribution is -2.09. The van der Waals surface area contributed by atoms with Crippen LogP contribution in [0.25, 0.3) is 65.3 Å². The Hall–Kier alpha value is -4.24. The lowest BCUT2D eigenvalue weighted by Gasteiger charge is -2.29. The van der Waals surface area contributed by atoms with Gasteiger partial charge in [0.2, 0.25) is 0 Å². The van der Waals surface area contributed by atoms with Crippen LogP contribution in [0.1, 0.15) is 34.5 Å². The molecule has 2 heteroatoms. The molecule has 0 saturated carbocycles. The molecule has 0 spiro atoms. The van der Waals surface area contributed by atoms with Gasteiger partial charge in [0.1, 0.15) is 12.2 Å². The minimum atomic E-state index is -0.638. The zero-order valence-electron chi connectivity index (χ0n) is 19.3. The van der Waals surface area contributed by atoms with Crippen LogP contribution in [0.4, 0.5) is 0 Å². The number of aliphatic hydroxyl groups is 2. The van der Waals surface area contributed by atoms with Crippen LogP contribution in [0, 0.1) is 0 Å². The Morgan fingerprint density at radius 2 is 0.722 bits per heavy atom. The summed E-state index contributed by atoms with van der Waals surface area (Å²) in [6.07, 6.45) is -1.28. The quantitative estimate of drug-likeness (QED) is 0.179. The van der Waals surface area contributed by atoms with Gasteiger partial charge in [0, 0.05) is 0 Å². The molecule has 2 aliphatic rings. The van der Waals surface area contributed by atoms with Crippen LogP contribution >= 0.6 is 0 Å². The SMILES string of the molecule is OC1c2ccccc2-c2ccc3c4ccc5c6c(ccc(c7ccc1c2c37)c64)C(O)c1ccccc1-5. The highest BCUT2D eigenvalue weighted by molar-refractivity contribution is 6.36. The van der Waals surface area contributed by atoms with Crippen molar-refractivity contribution in [1.82, 2.24) is 0 Å². The average Bonchev–Trinajstić information content (AvgIpc) is 2.94. The van der Waals surface area contributed by atoms with Gasteiger partial charge < -0.3 is 10.2 Å². The Balaban J connectivity index is 1.51. The van der Waals surface area contributed by atoms with Crippen molar-refractivity contribution in [3.63, 3.8) is 0 Å². The van der Waals surface area contributed by atoms with Crippen molar-refractivity contribution in [2.75, 3.05) is 0 Å². The average molecular weight is 461 g/mol. The molecule has 9 rings (SSSR count). The Labute approximate surface area is 207 Å². The van der Waals surface area contributed by atoms with Crippen molar-refractivity contribution >= 4 is 43.1 Å². The fourth-order valence-corrected chi connectivity index (χ4v) is 7.14. The van der Waals surface area contributed by atoms with Gasteiger partial charge in [0.15, 0.2) is 0 Å². The summed E-state index contributed by atoms with van der Waals surface area (Å²) in [6.45, 7) is 0. The van der Waals surface area contributed by atoms with Crippen LogP contribution in [0.15, 0.2) is 97.1 Å². The van der Waals surface area contributed by atoms with Gasteiger partial charge in [-0.1, -0.05) is 97.1 Å². The van der Waals surface area contributed by atoms with Crippen LogP contribution in [0.3, 0.4) is 0 Å². The fraction of sp³-hybridized carbons (Fsp3) is 0.0588. The number of rotatable bonds is 0. The highest BCUT2D eigenvalue weighted by Gasteiger charge is 2.30. The van der Waals surface area contributed by atoms with Gasteiger partial charge in [-0.25, -0.2) is 0 Å². The maximum Gasteiger partial charge on any atom is 0.105 e. The summed E-state index contributed by atoms with van der Waals surface area (Å²) in [5.41, 5.74) is 8.47. The predicted molar refractivity (Wildman–Crippen MR) is 147 cm³/mol. The Morgan fingerprint density at radius 1 is 0.333 bits per heavy atom. The summed E-state index contributed by atoms with van der Waals surface area (Å²) in [4.78, 5) is 0. The molecule has 0 bridgehead atoms. The van der Waals surface area contributed by atoms with Gasteiger partial charge in [-0.15, -0.1) is 0 Å². The molecular weight excluding hydrogens is 440 g/mol. The van der Waals surface area contributed by atoms with Crippen molar-refractivity contribution in [1.29, 1.82) is 0 Å². The lowest BCUT2D eigenvalue weighted by atomic mass is 9.76. The van der Waals surface area contributed by atoms with E-state index in [1.165, 1.54) is 43.4 Å². The van der Waals surface area contributed by atoms with Crippen LogP contribution in [-0.2, 0) is 0 Å². The van der Waals surface area contributed by atoms with E-state index >= 15 is 0 Å². The number of hydrogen-bond acceptors (Lipinski definition) is 2. The third kappa shape index (κ3) is 2.04. The van der Waals surface area contributed by atoms with Crippen molar-refractivity contribution in [2.45, 2.75) is 12.2 Å². The van der Waals surface area contributed by atoms with Gasteiger partial charge in [-0.05, 0) is 87.6 Å². The topological polar surface area (TPSA) is 40.5 Å². The summed E-state index contributed by atoms with van der Waals surface area (Å²) in [5, 5.41) is 32.2. The molecule has 2 N–H and O–H groups in total. The van der Waals surface area contributed by atoms with Crippen molar-refractivity contribution < 1.29 is 10.2 Å². The van der Waals surface area contributed by atoms with Crippen LogP contribution in [0.5, 0.6) is 0 Å². The summed E-state index contributed by atoms with van der Waals surface area (Å²) in [5.74, 6) is 0. The van der Waals surface area contributed by atoms with Crippen LogP contribution in [0.2, 0.25) is 0 Å². The highest BCUT2D eigenvalue weighted by Crippen LogP contribution is 2.53. The zero-order valence-corrected chi connectivity index (χ0v) is 19.3. The first-order valence-corrected chi connectivity index (χ1v) is 12.5. The van der Waals surface area contributed by atoms with Crippen LogP contribution < -0.4 is 0 Å². The second-order valence-electron chi connectivity index (χ2n) is 10.2. The smallest absolute Gasteiger partial charge is 0.105 e. The summed E-state index contributed by atoms with van der Waals surface area (Å²) < 4.78 is 0. The molecule has 0 aromatic heterocycles. The van der Waals surface area contributed by atoms with E-state index in [4.69, 9.17) is 0 Å². The van der Waals surface area contributed by atoms with Crippen molar-refractivity contribution in [3.05, 3.63) is 119 Å². The number of fused-ring (bicyclic) bond motifs is 6. The predicted octanol–water partition coefficient (Wildman–Crippen LogP) is 7.86. The third-order valence-corrected chi connectivity index (χ3v) is 8.65. The van der Waals surface area contributed by atoms with Crippen molar-refractivity contribution in [2.24, 2.45) is 0 Å². The minimum absolute atomic E-state index is 0.638. The first-order valence-electron chi connectivity index (χ1n) is 12.5. The maximum atomic E-state index is 11.4. The Bertz CT molecular complexity index is 1910. The van der Waals surface area contributed by atoms with E-state index in [2.05, 4.69) is 60.7 Å². The normalized spacial score (nSPS) is 17.7. The van der Waals surface area contributed by atoms with E-state index in [0.29, 0.717) is 0 Å². The molecular formula is C34H20O2. The van der Waals surface area contributed by atoms with E-state index in [9.17, 15) is 10.2 Å². The molecule has 7 aromatic rings. The summed E-state index contributed by atoms with van der Waals surface area (Å²) in [7, 11) is 0. The van der Waals surface area contributed by atoms with E-state index in [0.717, 1.165) is 44.2 Å². The molecule has 2 nitrogen and oxygen atoms in total. The Kier molecular flexibility index (Phi) is 3.33. The fourth-order valence-electron chi connectivity index (χ4n) is 7.14. The molecule has 36 heavy (non-hydrogen) atoms. The zero-order chi connectivity index (χ0) is 23.7. The molecule has 0 fully saturated rings. The monoisotopic (exact) mass is 460 g/mol. The van der Waals surface area contributed by atoms with Crippen LogP contribution in [-0.4, -0.2) is 10.2 Å².